The average molecular weight is 649 g/mol. The highest BCUT2D eigenvalue weighted by Crippen LogP contribution is 2.39. The van der Waals surface area contributed by atoms with Crippen LogP contribution in [0, 0.1) is 0 Å². The Balaban J connectivity index is 0.000000483. The maximum absolute atomic E-state index is 14.4. The number of fused-ring (bicyclic) bond motifs is 3. The van der Waals surface area contributed by atoms with Crippen LogP contribution in [-0.4, -0.2) is 78.9 Å². The van der Waals surface area contributed by atoms with Crippen molar-refractivity contribution < 1.29 is 33.0 Å². The minimum atomic E-state index is -4.58. The second-order valence-electron chi connectivity index (χ2n) is 10.8. The summed E-state index contributed by atoms with van der Waals surface area (Å²) in [4.78, 5) is 45.3. The van der Waals surface area contributed by atoms with Crippen LogP contribution in [0.2, 0.25) is 0 Å². The van der Waals surface area contributed by atoms with E-state index in [1.807, 2.05) is 37.3 Å². The zero-order valence-corrected chi connectivity index (χ0v) is 25.5. The number of hydrogen-bond donors (Lipinski definition) is 2. The van der Waals surface area contributed by atoms with Crippen LogP contribution < -0.4 is 10.6 Å². The number of halogens is 3. The number of aryl methyl sites for hydroxylation is 1. The van der Waals surface area contributed by atoms with Crippen molar-refractivity contribution in [3.05, 3.63) is 95.3 Å². The van der Waals surface area contributed by atoms with Crippen LogP contribution in [0.5, 0.6) is 0 Å². The first-order valence-electron chi connectivity index (χ1n) is 14.6. The second-order valence-corrected chi connectivity index (χ2v) is 10.8. The third kappa shape index (κ3) is 7.02. The van der Waals surface area contributed by atoms with E-state index in [0.29, 0.717) is 60.3 Å². The Labute approximate surface area is 266 Å². The molecule has 1 fully saturated rings. The maximum Gasteiger partial charge on any atom is 0.418 e. The quantitative estimate of drug-likeness (QED) is 0.249. The largest absolute Gasteiger partial charge is 0.478 e. The summed E-state index contributed by atoms with van der Waals surface area (Å²) in [6.45, 7) is 5.35. The Morgan fingerprint density at radius 2 is 1.64 bits per heavy atom. The number of likely N-dealkylation sites (N-methyl/N-ethyl adjacent to an activating group) is 1. The first kappa shape index (κ1) is 32.9. The average Bonchev–Trinajstić information content (AvgIpc) is 3.33. The van der Waals surface area contributed by atoms with E-state index < -0.39 is 29.4 Å². The number of imidazole rings is 1. The topological polar surface area (TPSA) is 134 Å². The number of aromatic nitrogens is 4. The molecular weight excluding hydrogens is 617 g/mol. The number of carbonyl (C=O) groups is 2. The lowest BCUT2D eigenvalue weighted by molar-refractivity contribution is -0.137. The van der Waals surface area contributed by atoms with E-state index in [2.05, 4.69) is 14.9 Å². The summed E-state index contributed by atoms with van der Waals surface area (Å²) < 4.78 is 46.0. The lowest BCUT2D eigenvalue weighted by atomic mass is 10.0. The molecule has 0 bridgehead atoms. The summed E-state index contributed by atoms with van der Waals surface area (Å²) in [7, 11) is 1.60. The molecule has 5 aromatic rings. The number of anilines is 1. The van der Waals surface area contributed by atoms with E-state index in [4.69, 9.17) is 10.2 Å². The van der Waals surface area contributed by atoms with Crippen LogP contribution in [-0.2, 0) is 22.8 Å². The van der Waals surface area contributed by atoms with E-state index >= 15 is 0 Å². The summed E-state index contributed by atoms with van der Waals surface area (Å²) in [6, 6.07) is 13.6. The van der Waals surface area contributed by atoms with Crippen molar-refractivity contribution >= 4 is 39.6 Å². The fraction of sp³-hybridized carbons (Fsp3) is 0.242. The molecule has 3 aromatic heterocycles. The molecule has 14 heteroatoms. The van der Waals surface area contributed by atoms with Crippen LogP contribution >= 0.6 is 0 Å². The van der Waals surface area contributed by atoms with Crippen molar-refractivity contribution in [1.82, 2.24) is 24.0 Å². The molecule has 1 aliphatic rings. The second kappa shape index (κ2) is 13.5. The third-order valence-electron chi connectivity index (χ3n) is 7.95. The first-order valence-corrected chi connectivity index (χ1v) is 14.6. The maximum atomic E-state index is 14.4. The zero-order chi connectivity index (χ0) is 33.9. The highest BCUT2D eigenvalue weighted by molar-refractivity contribution is 6.04. The van der Waals surface area contributed by atoms with E-state index in [1.54, 1.807) is 36.6 Å². The molecule has 0 saturated carbocycles. The van der Waals surface area contributed by atoms with Crippen molar-refractivity contribution in [1.29, 1.82) is 0 Å². The normalized spacial score (nSPS) is 14.0. The smallest absolute Gasteiger partial charge is 0.418 e. The predicted octanol–water partition coefficient (Wildman–Crippen LogP) is 4.81. The van der Waals surface area contributed by atoms with Crippen molar-refractivity contribution in [3.8, 4) is 16.8 Å². The number of pyridine rings is 2. The Morgan fingerprint density at radius 1 is 0.936 bits per heavy atom. The summed E-state index contributed by atoms with van der Waals surface area (Å²) in [5.41, 5.74) is 2.54. The molecule has 11 nitrogen and oxygen atoms in total. The van der Waals surface area contributed by atoms with Gasteiger partial charge < -0.3 is 20.0 Å². The van der Waals surface area contributed by atoms with Gasteiger partial charge in [0.1, 0.15) is 0 Å². The standard InChI is InChI=1S/C29H27F3N6O.C4H4O4/c1-3-36-11-13-37(14-12-36)25-9-7-21(16-23(25)29(30,31)32)38-27-22-15-19(20-5-4-10-33-17-20)6-8-24(22)34-18-26(27)35(2)28(38)39;5-3(6)1-2-4(7)8/h4-10,15-18H,3,11-14H2,1-2H3;1-2H,(H,5,6)(H,7,8). The molecule has 47 heavy (non-hydrogen) atoms. The fourth-order valence-corrected chi connectivity index (χ4v) is 5.56. The third-order valence-corrected chi connectivity index (χ3v) is 7.95. The molecule has 2 N–H and O–H groups in total. The molecule has 6 rings (SSSR count). The molecule has 2 aromatic carbocycles. The molecule has 0 atom stereocenters. The van der Waals surface area contributed by atoms with Gasteiger partial charge in [0, 0.05) is 74.4 Å². The SMILES string of the molecule is CCN1CCN(c2ccc(-n3c(=O)n(C)c4cnc5ccc(-c6cccnc6)cc5c43)cc2C(F)(F)F)CC1.O=C(O)C=CC(=O)O. The molecule has 1 aliphatic heterocycles. The number of nitrogens with zero attached hydrogens (tertiary/aromatic N) is 6. The first-order chi connectivity index (χ1) is 22.4. The molecule has 0 amide bonds. The molecule has 0 spiro atoms. The van der Waals surface area contributed by atoms with Gasteiger partial charge in [-0.3, -0.25) is 19.1 Å². The van der Waals surface area contributed by atoms with Gasteiger partial charge in [-0.05, 0) is 48.5 Å². The molecular formula is C33H31F3N6O5. The minimum absolute atomic E-state index is 0.140. The summed E-state index contributed by atoms with van der Waals surface area (Å²) in [5.74, 6) is -2.51. The Bertz CT molecular complexity index is 2010. The number of hydrogen-bond acceptors (Lipinski definition) is 7. The molecule has 1 saturated heterocycles. The Kier molecular flexibility index (Phi) is 9.42. The minimum Gasteiger partial charge on any atom is -0.478 e. The van der Waals surface area contributed by atoms with E-state index in [-0.39, 0.29) is 11.4 Å². The molecule has 0 radical (unpaired) electrons. The van der Waals surface area contributed by atoms with Gasteiger partial charge in [0.25, 0.3) is 0 Å². The van der Waals surface area contributed by atoms with Crippen LogP contribution in [0.15, 0.2) is 84.1 Å². The van der Waals surface area contributed by atoms with E-state index in [1.165, 1.54) is 15.2 Å². The Morgan fingerprint density at radius 3 is 2.23 bits per heavy atom. The van der Waals surface area contributed by atoms with Gasteiger partial charge in [-0.1, -0.05) is 19.1 Å². The number of carboxylic acid groups (broad SMARTS) is 2. The van der Waals surface area contributed by atoms with Crippen LogP contribution in [0.1, 0.15) is 12.5 Å². The highest BCUT2D eigenvalue weighted by atomic mass is 19.4. The highest BCUT2D eigenvalue weighted by Gasteiger charge is 2.36. The zero-order valence-electron chi connectivity index (χ0n) is 25.5. The number of alkyl halides is 3. The molecule has 4 heterocycles. The number of aliphatic carboxylic acids is 2. The predicted molar refractivity (Wildman–Crippen MR) is 171 cm³/mol. The van der Waals surface area contributed by atoms with Gasteiger partial charge in [-0.2, -0.15) is 13.2 Å². The monoisotopic (exact) mass is 648 g/mol. The van der Waals surface area contributed by atoms with Crippen molar-refractivity contribution in [2.45, 2.75) is 13.1 Å². The molecule has 0 unspecified atom stereocenters. The van der Waals surface area contributed by atoms with Crippen molar-refractivity contribution in [2.75, 3.05) is 37.6 Å². The Hall–Kier alpha value is -5.50. The van der Waals surface area contributed by atoms with Gasteiger partial charge in [0.05, 0.1) is 34.0 Å². The summed E-state index contributed by atoms with van der Waals surface area (Å²) in [5, 5.41) is 16.3. The molecule has 0 aliphatic carbocycles. The number of rotatable bonds is 6. The molecule has 244 valence electrons. The van der Waals surface area contributed by atoms with Crippen LogP contribution in [0.3, 0.4) is 0 Å². The lowest BCUT2D eigenvalue weighted by Gasteiger charge is -2.36. The summed E-state index contributed by atoms with van der Waals surface area (Å²) in [6.07, 6.45) is 1.54. The van der Waals surface area contributed by atoms with Crippen molar-refractivity contribution in [2.24, 2.45) is 7.05 Å². The van der Waals surface area contributed by atoms with Gasteiger partial charge in [-0.15, -0.1) is 0 Å². The summed E-state index contributed by atoms with van der Waals surface area (Å²) >= 11 is 0. The van der Waals surface area contributed by atoms with Gasteiger partial charge >= 0.3 is 23.8 Å². The van der Waals surface area contributed by atoms with Crippen LogP contribution in [0.4, 0.5) is 18.9 Å². The van der Waals surface area contributed by atoms with Crippen molar-refractivity contribution in [3.63, 3.8) is 0 Å². The van der Waals surface area contributed by atoms with E-state index in [0.717, 1.165) is 23.7 Å². The van der Waals surface area contributed by atoms with E-state index in [9.17, 15) is 27.6 Å². The van der Waals surface area contributed by atoms with Gasteiger partial charge in [-0.25, -0.2) is 14.4 Å². The number of piperazine rings is 1. The van der Waals surface area contributed by atoms with Gasteiger partial charge in [0.15, 0.2) is 0 Å². The van der Waals surface area contributed by atoms with Crippen LogP contribution in [0.25, 0.3) is 38.8 Å². The number of benzene rings is 2. The lowest BCUT2D eigenvalue weighted by Crippen LogP contribution is -2.46. The fourth-order valence-electron chi connectivity index (χ4n) is 5.56. The van der Waals surface area contributed by atoms with Gasteiger partial charge in [0.2, 0.25) is 0 Å². The number of carboxylic acids is 2.